The van der Waals surface area contributed by atoms with Gasteiger partial charge < -0.3 is 10.3 Å². The van der Waals surface area contributed by atoms with Gasteiger partial charge in [-0.15, -0.1) is 0 Å². The molecule has 1 aliphatic rings. The molecule has 0 radical (unpaired) electrons. The minimum atomic E-state index is 0.120. The second-order valence-corrected chi connectivity index (χ2v) is 8.19. The van der Waals surface area contributed by atoms with Crippen LogP contribution < -0.4 is 5.32 Å². The molecule has 3 rings (SSSR count). The number of nitrogens with one attached hydrogen (secondary N) is 2. The maximum absolute atomic E-state index is 12.0. The van der Waals surface area contributed by atoms with Gasteiger partial charge in [-0.05, 0) is 42.8 Å². The molecule has 0 unspecified atom stereocenters. The number of rotatable bonds is 6. The standard InChI is InChI=1S/C16H20N2OS2/c19-16(4-2-1-3-14-8-10-20-21-14)18-13-6-5-12-7-9-17-15(12)11-13/h5-7,9,11,14,17H,1-4,8,10H2,(H,18,19)/t14-/m0/s1. The third-order valence-corrected chi connectivity index (χ3v) is 6.75. The first-order chi connectivity index (χ1) is 10.3. The molecule has 1 aliphatic heterocycles. The highest BCUT2D eigenvalue weighted by atomic mass is 33.1. The lowest BCUT2D eigenvalue weighted by atomic mass is 10.1. The van der Waals surface area contributed by atoms with Gasteiger partial charge in [0.2, 0.25) is 5.91 Å². The molecule has 0 saturated carbocycles. The Morgan fingerprint density at radius 2 is 2.29 bits per heavy atom. The van der Waals surface area contributed by atoms with Crippen LogP contribution in [0.3, 0.4) is 0 Å². The summed E-state index contributed by atoms with van der Waals surface area (Å²) in [6, 6.07) is 8.00. The summed E-state index contributed by atoms with van der Waals surface area (Å²) >= 11 is 0. The Morgan fingerprint density at radius 3 is 3.14 bits per heavy atom. The molecule has 0 spiro atoms. The van der Waals surface area contributed by atoms with Gasteiger partial charge in [0.15, 0.2) is 0 Å². The molecule has 1 fully saturated rings. The number of hydrogen-bond acceptors (Lipinski definition) is 3. The van der Waals surface area contributed by atoms with Crippen LogP contribution in [0.1, 0.15) is 32.1 Å². The van der Waals surface area contributed by atoms with Crippen molar-refractivity contribution in [2.45, 2.75) is 37.4 Å². The maximum atomic E-state index is 12.0. The predicted molar refractivity (Wildman–Crippen MR) is 93.9 cm³/mol. The molecular weight excluding hydrogens is 300 g/mol. The van der Waals surface area contributed by atoms with Gasteiger partial charge in [-0.25, -0.2) is 0 Å². The lowest BCUT2D eigenvalue weighted by Gasteiger charge is -2.07. The van der Waals surface area contributed by atoms with Crippen molar-refractivity contribution in [1.29, 1.82) is 0 Å². The van der Waals surface area contributed by atoms with E-state index in [-0.39, 0.29) is 5.91 Å². The lowest BCUT2D eigenvalue weighted by Crippen LogP contribution is -2.11. The second-order valence-electron chi connectivity index (χ2n) is 5.40. The monoisotopic (exact) mass is 320 g/mol. The van der Waals surface area contributed by atoms with Gasteiger partial charge in [0, 0.05) is 34.8 Å². The molecule has 3 nitrogen and oxygen atoms in total. The molecule has 21 heavy (non-hydrogen) atoms. The average Bonchev–Trinajstić information content (AvgIpc) is 3.14. The minimum absolute atomic E-state index is 0.120. The molecule has 0 aliphatic carbocycles. The van der Waals surface area contributed by atoms with E-state index in [2.05, 4.69) is 10.3 Å². The summed E-state index contributed by atoms with van der Waals surface area (Å²) < 4.78 is 0. The van der Waals surface area contributed by atoms with Gasteiger partial charge >= 0.3 is 0 Å². The van der Waals surface area contributed by atoms with Gasteiger partial charge in [0.25, 0.3) is 0 Å². The summed E-state index contributed by atoms with van der Waals surface area (Å²) in [6.07, 6.45) is 7.25. The third kappa shape index (κ3) is 4.20. The van der Waals surface area contributed by atoms with E-state index < -0.39 is 0 Å². The zero-order valence-corrected chi connectivity index (χ0v) is 13.6. The van der Waals surface area contributed by atoms with Crippen LogP contribution in [0.5, 0.6) is 0 Å². The highest BCUT2D eigenvalue weighted by Crippen LogP contribution is 2.39. The van der Waals surface area contributed by atoms with Crippen molar-refractivity contribution in [3.63, 3.8) is 0 Å². The molecular formula is C16H20N2OS2. The summed E-state index contributed by atoms with van der Waals surface area (Å²) in [7, 11) is 4.00. The van der Waals surface area contributed by atoms with E-state index in [1.807, 2.05) is 52.1 Å². The molecule has 1 saturated heterocycles. The van der Waals surface area contributed by atoms with Gasteiger partial charge in [-0.2, -0.15) is 0 Å². The average molecular weight is 320 g/mol. The van der Waals surface area contributed by atoms with Crippen LogP contribution in [0.2, 0.25) is 0 Å². The zero-order chi connectivity index (χ0) is 14.5. The van der Waals surface area contributed by atoms with Crippen molar-refractivity contribution >= 4 is 44.1 Å². The molecule has 2 heterocycles. The van der Waals surface area contributed by atoms with E-state index in [9.17, 15) is 4.79 Å². The number of aromatic nitrogens is 1. The van der Waals surface area contributed by atoms with E-state index >= 15 is 0 Å². The first-order valence-electron chi connectivity index (χ1n) is 7.46. The number of carbonyl (C=O) groups excluding carboxylic acids is 1. The number of hydrogen-bond donors (Lipinski definition) is 2. The van der Waals surface area contributed by atoms with Crippen molar-refractivity contribution in [2.75, 3.05) is 11.1 Å². The minimum Gasteiger partial charge on any atom is -0.361 e. The molecule has 112 valence electrons. The molecule has 2 N–H and O–H groups in total. The van der Waals surface area contributed by atoms with Crippen molar-refractivity contribution < 1.29 is 4.79 Å². The number of aromatic amines is 1. The Morgan fingerprint density at radius 1 is 1.33 bits per heavy atom. The number of amides is 1. The fraction of sp³-hybridized carbons (Fsp3) is 0.438. The normalized spacial score (nSPS) is 18.2. The van der Waals surface area contributed by atoms with Crippen LogP contribution in [0.4, 0.5) is 5.69 Å². The van der Waals surface area contributed by atoms with Crippen molar-refractivity contribution in [3.8, 4) is 0 Å². The Bertz CT molecular complexity index is 605. The fourth-order valence-electron chi connectivity index (χ4n) is 2.57. The molecule has 0 bridgehead atoms. The zero-order valence-electron chi connectivity index (χ0n) is 11.9. The number of unbranched alkanes of at least 4 members (excludes halogenated alkanes) is 1. The predicted octanol–water partition coefficient (Wildman–Crippen LogP) is 4.82. The Labute approximate surface area is 133 Å². The Balaban J connectivity index is 1.40. The summed E-state index contributed by atoms with van der Waals surface area (Å²) in [5.74, 6) is 1.41. The highest BCUT2D eigenvalue weighted by molar-refractivity contribution is 8.77. The maximum Gasteiger partial charge on any atom is 0.224 e. The van der Waals surface area contributed by atoms with E-state index in [4.69, 9.17) is 0 Å². The van der Waals surface area contributed by atoms with Crippen LogP contribution >= 0.6 is 21.6 Å². The van der Waals surface area contributed by atoms with E-state index in [1.165, 1.54) is 24.0 Å². The van der Waals surface area contributed by atoms with Gasteiger partial charge in [-0.1, -0.05) is 34.1 Å². The van der Waals surface area contributed by atoms with Crippen molar-refractivity contribution in [3.05, 3.63) is 30.5 Å². The van der Waals surface area contributed by atoms with Crippen LogP contribution in [-0.2, 0) is 4.79 Å². The molecule has 1 aromatic carbocycles. The van der Waals surface area contributed by atoms with Crippen molar-refractivity contribution in [2.24, 2.45) is 0 Å². The largest absolute Gasteiger partial charge is 0.361 e. The fourth-order valence-corrected chi connectivity index (χ4v) is 5.60. The van der Waals surface area contributed by atoms with Crippen molar-refractivity contribution in [1.82, 2.24) is 4.98 Å². The highest BCUT2D eigenvalue weighted by Gasteiger charge is 2.15. The topological polar surface area (TPSA) is 44.9 Å². The number of anilines is 1. The van der Waals surface area contributed by atoms with Crippen LogP contribution in [0.25, 0.3) is 10.9 Å². The molecule has 5 heteroatoms. The number of H-pyrrole nitrogens is 1. The van der Waals surface area contributed by atoms with Gasteiger partial charge in [-0.3, -0.25) is 4.79 Å². The van der Waals surface area contributed by atoms with Crippen LogP contribution in [0, 0.1) is 0 Å². The smallest absolute Gasteiger partial charge is 0.224 e. The molecule has 1 aromatic heterocycles. The quantitative estimate of drug-likeness (QED) is 0.592. The molecule has 1 atom stereocenters. The number of carbonyl (C=O) groups is 1. The third-order valence-electron chi connectivity index (χ3n) is 3.75. The summed E-state index contributed by atoms with van der Waals surface area (Å²) in [5, 5.41) is 4.96. The van der Waals surface area contributed by atoms with E-state index in [0.717, 1.165) is 29.3 Å². The van der Waals surface area contributed by atoms with E-state index in [0.29, 0.717) is 6.42 Å². The number of benzene rings is 1. The van der Waals surface area contributed by atoms with E-state index in [1.54, 1.807) is 0 Å². The van der Waals surface area contributed by atoms with Crippen LogP contribution in [-0.4, -0.2) is 21.9 Å². The van der Waals surface area contributed by atoms with Gasteiger partial charge in [0.1, 0.15) is 0 Å². The van der Waals surface area contributed by atoms with Gasteiger partial charge in [0.05, 0.1) is 0 Å². The lowest BCUT2D eigenvalue weighted by molar-refractivity contribution is -0.116. The second kappa shape index (κ2) is 7.27. The number of fused-ring (bicyclic) bond motifs is 1. The summed E-state index contributed by atoms with van der Waals surface area (Å²) in [4.78, 5) is 15.1. The Kier molecular flexibility index (Phi) is 5.14. The molecule has 1 amide bonds. The molecule has 2 aromatic rings. The first-order valence-corrected chi connectivity index (χ1v) is 9.85. The first kappa shape index (κ1) is 14.9. The SMILES string of the molecule is O=C(CCCC[C@H]1CCSS1)Nc1ccc2cc[nH]c2c1. The summed E-state index contributed by atoms with van der Waals surface area (Å²) in [5.41, 5.74) is 1.93. The summed E-state index contributed by atoms with van der Waals surface area (Å²) in [6.45, 7) is 0. The van der Waals surface area contributed by atoms with Crippen LogP contribution in [0.15, 0.2) is 30.5 Å². The Hall–Kier alpha value is -1.07.